The molecule has 0 unspecified atom stereocenters. The first-order valence-corrected chi connectivity index (χ1v) is 10.5. The van der Waals surface area contributed by atoms with Gasteiger partial charge in [0, 0.05) is 29.7 Å². The summed E-state index contributed by atoms with van der Waals surface area (Å²) in [5, 5.41) is 9.91. The Bertz CT molecular complexity index is 1030. The summed E-state index contributed by atoms with van der Waals surface area (Å²) in [7, 11) is 1.56. The maximum atomic E-state index is 11.9. The molecule has 1 saturated heterocycles. The standard InChI is InChI=1S/C24H26ClN3O3/c1-16-12-27(15-31-23-10-7-20(11-26)17(2)24(23)30-4)18(3)22(14-29)28(16)13-19-5-8-21(25)9-6-19/h5-10,16,18H,12-13,15H2,1-4H3/t16-,18+/m0/s1. The molecular formula is C24H26ClN3O3. The van der Waals surface area contributed by atoms with Crippen LogP contribution in [0.4, 0.5) is 0 Å². The molecule has 0 saturated carbocycles. The molecule has 1 aliphatic heterocycles. The zero-order valence-electron chi connectivity index (χ0n) is 18.2. The number of nitriles is 1. The molecule has 2 aromatic carbocycles. The predicted molar refractivity (Wildman–Crippen MR) is 120 cm³/mol. The molecule has 0 N–H and O–H groups in total. The number of hydrogen-bond donors (Lipinski definition) is 0. The third kappa shape index (κ3) is 4.86. The Kier molecular flexibility index (Phi) is 7.25. The van der Waals surface area contributed by atoms with Crippen molar-refractivity contribution in [3.8, 4) is 17.6 Å². The summed E-state index contributed by atoms with van der Waals surface area (Å²) in [5.74, 6) is 3.27. The van der Waals surface area contributed by atoms with E-state index in [1.54, 1.807) is 19.2 Å². The van der Waals surface area contributed by atoms with Crippen molar-refractivity contribution >= 4 is 17.5 Å². The van der Waals surface area contributed by atoms with E-state index in [0.717, 1.165) is 17.7 Å². The number of benzene rings is 2. The number of hydrogen-bond acceptors (Lipinski definition) is 6. The van der Waals surface area contributed by atoms with Gasteiger partial charge in [0.05, 0.1) is 24.8 Å². The predicted octanol–water partition coefficient (Wildman–Crippen LogP) is 4.18. The molecule has 0 spiro atoms. The van der Waals surface area contributed by atoms with Gasteiger partial charge in [-0.25, -0.2) is 4.79 Å². The third-order valence-corrected chi connectivity index (χ3v) is 5.99. The molecule has 1 aliphatic rings. The molecule has 2 atom stereocenters. The van der Waals surface area contributed by atoms with Crippen LogP contribution < -0.4 is 9.47 Å². The molecule has 1 heterocycles. The van der Waals surface area contributed by atoms with Crippen LogP contribution in [0.2, 0.25) is 5.02 Å². The minimum absolute atomic E-state index is 0.0940. The van der Waals surface area contributed by atoms with E-state index in [-0.39, 0.29) is 18.8 Å². The summed E-state index contributed by atoms with van der Waals surface area (Å²) in [5.41, 5.74) is 2.97. The van der Waals surface area contributed by atoms with Crippen molar-refractivity contribution in [1.29, 1.82) is 5.26 Å². The highest BCUT2D eigenvalue weighted by Crippen LogP contribution is 2.33. The van der Waals surface area contributed by atoms with E-state index in [2.05, 4.69) is 28.7 Å². The Labute approximate surface area is 188 Å². The molecular weight excluding hydrogens is 414 g/mol. The molecule has 1 fully saturated rings. The van der Waals surface area contributed by atoms with E-state index in [1.165, 1.54) is 0 Å². The normalized spacial score (nSPS) is 19.0. The highest BCUT2D eigenvalue weighted by molar-refractivity contribution is 6.30. The second-order valence-corrected chi connectivity index (χ2v) is 8.13. The van der Waals surface area contributed by atoms with Gasteiger partial charge in [-0.2, -0.15) is 5.26 Å². The van der Waals surface area contributed by atoms with E-state index in [4.69, 9.17) is 21.1 Å². The summed E-state index contributed by atoms with van der Waals surface area (Å²) in [6.07, 6.45) is 0. The van der Waals surface area contributed by atoms with E-state index >= 15 is 0 Å². The van der Waals surface area contributed by atoms with Crippen LogP contribution in [0.5, 0.6) is 11.5 Å². The first kappa shape index (κ1) is 22.7. The fraction of sp³-hybridized carbons (Fsp3) is 0.375. The molecule has 162 valence electrons. The van der Waals surface area contributed by atoms with Crippen molar-refractivity contribution in [3.05, 3.63) is 63.8 Å². The van der Waals surface area contributed by atoms with Gasteiger partial charge in [0.15, 0.2) is 11.5 Å². The van der Waals surface area contributed by atoms with Crippen LogP contribution in [0.1, 0.15) is 30.5 Å². The van der Waals surface area contributed by atoms with Gasteiger partial charge in [0.2, 0.25) is 0 Å². The van der Waals surface area contributed by atoms with E-state index in [0.29, 0.717) is 34.3 Å². The van der Waals surface area contributed by atoms with Gasteiger partial charge in [-0.3, -0.25) is 4.90 Å². The average Bonchev–Trinajstić information content (AvgIpc) is 2.76. The quantitative estimate of drug-likeness (QED) is 0.629. The van der Waals surface area contributed by atoms with Crippen LogP contribution in [0.15, 0.2) is 42.1 Å². The van der Waals surface area contributed by atoms with Crippen molar-refractivity contribution < 1.29 is 14.3 Å². The molecule has 7 heteroatoms. The van der Waals surface area contributed by atoms with Crippen molar-refractivity contribution in [2.45, 2.75) is 39.4 Å². The first-order valence-electron chi connectivity index (χ1n) is 10.1. The molecule has 6 nitrogen and oxygen atoms in total. The van der Waals surface area contributed by atoms with E-state index in [1.807, 2.05) is 38.1 Å². The maximum absolute atomic E-state index is 11.9. The third-order valence-electron chi connectivity index (χ3n) is 5.73. The lowest BCUT2D eigenvalue weighted by Gasteiger charge is -2.45. The van der Waals surface area contributed by atoms with Crippen molar-refractivity contribution in [3.63, 3.8) is 0 Å². The monoisotopic (exact) mass is 439 g/mol. The lowest BCUT2D eigenvalue weighted by molar-refractivity contribution is 0.0276. The second-order valence-electron chi connectivity index (χ2n) is 7.69. The molecule has 0 aliphatic carbocycles. The van der Waals surface area contributed by atoms with Gasteiger partial charge in [-0.1, -0.05) is 23.7 Å². The zero-order chi connectivity index (χ0) is 22.5. The van der Waals surface area contributed by atoms with Crippen LogP contribution in [0, 0.1) is 18.3 Å². The minimum Gasteiger partial charge on any atom is -0.493 e. The number of rotatable bonds is 6. The second kappa shape index (κ2) is 9.89. The Morgan fingerprint density at radius 2 is 1.90 bits per heavy atom. The van der Waals surface area contributed by atoms with Gasteiger partial charge in [-0.15, -0.1) is 0 Å². The van der Waals surface area contributed by atoms with Crippen LogP contribution in [-0.2, 0) is 11.3 Å². The van der Waals surface area contributed by atoms with Crippen molar-refractivity contribution in [1.82, 2.24) is 9.80 Å². The smallest absolute Gasteiger partial charge is 0.165 e. The fourth-order valence-corrected chi connectivity index (χ4v) is 4.02. The maximum Gasteiger partial charge on any atom is 0.165 e. The SMILES string of the molecule is COc1c(OCN2C[C@H](C)N(Cc3ccc(Cl)cc3)C(=C=O)[C@H]2C)ccc(C#N)c1C. The summed E-state index contributed by atoms with van der Waals surface area (Å²) in [6.45, 7) is 7.51. The van der Waals surface area contributed by atoms with E-state index < -0.39 is 0 Å². The summed E-state index contributed by atoms with van der Waals surface area (Å²) >= 11 is 5.99. The summed E-state index contributed by atoms with van der Waals surface area (Å²) < 4.78 is 11.5. The first-order chi connectivity index (χ1) is 14.9. The van der Waals surface area contributed by atoms with Crippen LogP contribution in [0.25, 0.3) is 0 Å². The Hall–Kier alpha value is -2.97. The van der Waals surface area contributed by atoms with E-state index in [9.17, 15) is 10.1 Å². The van der Waals surface area contributed by atoms with Crippen LogP contribution >= 0.6 is 11.6 Å². The number of ether oxygens (including phenoxy) is 2. The Morgan fingerprint density at radius 1 is 1.19 bits per heavy atom. The van der Waals surface area contributed by atoms with Crippen LogP contribution in [0.3, 0.4) is 0 Å². The minimum atomic E-state index is -0.161. The van der Waals surface area contributed by atoms with Gasteiger partial charge >= 0.3 is 0 Å². The fourth-order valence-electron chi connectivity index (χ4n) is 3.89. The number of methoxy groups -OCH3 is 1. The molecule has 0 amide bonds. The Balaban J connectivity index is 1.74. The molecule has 0 radical (unpaired) electrons. The number of halogens is 1. The van der Waals surface area contributed by atoms with Gasteiger partial charge in [-0.05, 0) is 50.6 Å². The summed E-state index contributed by atoms with van der Waals surface area (Å²) in [6, 6.07) is 13.2. The largest absolute Gasteiger partial charge is 0.493 e. The zero-order valence-corrected chi connectivity index (χ0v) is 18.9. The molecule has 0 aromatic heterocycles. The van der Waals surface area contributed by atoms with Gasteiger partial charge in [0.25, 0.3) is 0 Å². The summed E-state index contributed by atoms with van der Waals surface area (Å²) in [4.78, 5) is 16.0. The topological polar surface area (TPSA) is 65.8 Å². The lowest BCUT2D eigenvalue weighted by Crippen LogP contribution is -2.55. The van der Waals surface area contributed by atoms with Crippen LogP contribution in [-0.4, -0.2) is 48.2 Å². The molecule has 2 aromatic rings. The molecule has 3 rings (SSSR count). The highest BCUT2D eigenvalue weighted by Gasteiger charge is 2.34. The van der Waals surface area contributed by atoms with Gasteiger partial charge < -0.3 is 14.4 Å². The number of carbonyl (C=O) groups excluding carboxylic acids is 1. The highest BCUT2D eigenvalue weighted by atomic mass is 35.5. The Morgan fingerprint density at radius 3 is 2.52 bits per heavy atom. The molecule has 31 heavy (non-hydrogen) atoms. The lowest BCUT2D eigenvalue weighted by atomic mass is 10.0. The van der Waals surface area contributed by atoms with Crippen molar-refractivity contribution in [2.75, 3.05) is 20.4 Å². The average molecular weight is 440 g/mol. The van der Waals surface area contributed by atoms with Gasteiger partial charge in [0.1, 0.15) is 18.4 Å². The molecule has 0 bridgehead atoms. The number of nitrogens with zero attached hydrogens (tertiary/aromatic N) is 3. The van der Waals surface area contributed by atoms with Crippen molar-refractivity contribution in [2.24, 2.45) is 0 Å². The number of piperazine rings is 1.